The van der Waals surface area contributed by atoms with E-state index < -0.39 is 0 Å². The molecule has 1 aliphatic rings. The summed E-state index contributed by atoms with van der Waals surface area (Å²) in [6.45, 7) is 0. The summed E-state index contributed by atoms with van der Waals surface area (Å²) < 4.78 is 1.92. The summed E-state index contributed by atoms with van der Waals surface area (Å²) in [5.74, 6) is 0.220. The molecule has 2 aromatic heterocycles. The van der Waals surface area contributed by atoms with Gasteiger partial charge in [-0.2, -0.15) is 0 Å². The van der Waals surface area contributed by atoms with Gasteiger partial charge in [0.2, 0.25) is 0 Å². The van der Waals surface area contributed by atoms with Crippen molar-refractivity contribution in [1.29, 1.82) is 0 Å². The first-order valence-corrected chi connectivity index (χ1v) is 5.64. The number of hydrogen-bond donors (Lipinski definition) is 1. The van der Waals surface area contributed by atoms with Crippen molar-refractivity contribution in [3.05, 3.63) is 57.5 Å². The zero-order valence-electron chi connectivity index (χ0n) is 8.68. The highest BCUT2D eigenvalue weighted by atomic mass is 35.5. The highest BCUT2D eigenvalue weighted by Crippen LogP contribution is 2.37. The van der Waals surface area contributed by atoms with Crippen molar-refractivity contribution in [2.45, 2.75) is 0 Å². The summed E-state index contributed by atoms with van der Waals surface area (Å²) >= 11 is 6.22. The lowest BCUT2D eigenvalue weighted by atomic mass is 10.3. The van der Waals surface area contributed by atoms with Crippen LogP contribution in [0.25, 0.3) is 5.52 Å². The van der Waals surface area contributed by atoms with E-state index in [0.29, 0.717) is 10.7 Å². The molecule has 0 spiro atoms. The number of rotatable bonds is 0. The van der Waals surface area contributed by atoms with Crippen LogP contribution in [0.3, 0.4) is 0 Å². The van der Waals surface area contributed by atoms with Gasteiger partial charge < -0.3 is 9.51 Å². The lowest BCUT2D eigenvalue weighted by molar-refractivity contribution is 0.483. The Labute approximate surface area is 101 Å². The quantitative estimate of drug-likeness (QED) is 0.506. The molecule has 3 nitrogen and oxygen atoms in total. The number of nitrogens with zero attached hydrogens (tertiary/aromatic N) is 2. The first kappa shape index (κ1) is 9.07. The summed E-state index contributed by atoms with van der Waals surface area (Å²) in [5, 5.41) is 13.3. The zero-order chi connectivity index (χ0) is 11.6. The van der Waals surface area contributed by atoms with E-state index in [-0.39, 0.29) is 5.75 Å². The maximum atomic E-state index is 10.1. The van der Waals surface area contributed by atoms with Crippen molar-refractivity contribution in [1.82, 2.24) is 4.40 Å². The lowest BCUT2D eigenvalue weighted by Crippen LogP contribution is -2.00. The standard InChI is InChI=1S/C13H7ClN2O/c14-7-3-1-4-8-10(7)12-11(15-8)13(17)9-5-2-6-16(9)12/h1-6,17H. The van der Waals surface area contributed by atoms with Crippen LogP contribution in [0.4, 0.5) is 5.69 Å². The molecule has 0 radical (unpaired) electrons. The third-order valence-electron chi connectivity index (χ3n) is 3.14. The fraction of sp³-hybridized carbons (Fsp3) is 0. The van der Waals surface area contributed by atoms with Crippen LogP contribution in [0.1, 0.15) is 0 Å². The van der Waals surface area contributed by atoms with Crippen LogP contribution < -0.4 is 5.36 Å². The van der Waals surface area contributed by atoms with Crippen LogP contribution in [-0.4, -0.2) is 9.51 Å². The van der Waals surface area contributed by atoms with Crippen LogP contribution in [0.15, 0.2) is 41.5 Å². The monoisotopic (exact) mass is 242 g/mol. The molecular formula is C13H7ClN2O. The molecule has 4 rings (SSSR count). The average molecular weight is 243 g/mol. The second kappa shape index (κ2) is 2.81. The van der Waals surface area contributed by atoms with Gasteiger partial charge in [0.15, 0.2) is 5.75 Å². The van der Waals surface area contributed by atoms with E-state index in [1.54, 1.807) is 0 Å². The number of halogens is 1. The molecular weight excluding hydrogens is 236 g/mol. The van der Waals surface area contributed by atoms with Crippen LogP contribution >= 0.6 is 11.6 Å². The number of benzene rings is 1. The number of hydrogen-bond acceptors (Lipinski definition) is 2. The van der Waals surface area contributed by atoms with E-state index in [0.717, 1.165) is 21.4 Å². The second-order valence-corrected chi connectivity index (χ2v) is 4.46. The van der Waals surface area contributed by atoms with Gasteiger partial charge in [-0.25, -0.2) is 4.99 Å². The Morgan fingerprint density at radius 2 is 2.06 bits per heavy atom. The molecule has 0 saturated heterocycles. The van der Waals surface area contributed by atoms with Crippen molar-refractivity contribution in [3.63, 3.8) is 0 Å². The smallest absolute Gasteiger partial charge is 0.167 e. The van der Waals surface area contributed by atoms with Gasteiger partial charge in [-0.05, 0) is 24.3 Å². The summed E-state index contributed by atoms with van der Waals surface area (Å²) in [4.78, 5) is 4.43. The van der Waals surface area contributed by atoms with Crippen LogP contribution in [0, 0.1) is 10.6 Å². The molecule has 0 bridgehead atoms. The number of fused-ring (bicyclic) bond motifs is 4. The summed E-state index contributed by atoms with van der Waals surface area (Å²) in [6.07, 6.45) is 1.90. The molecule has 3 aromatic rings. The minimum Gasteiger partial charge on any atom is -0.504 e. The van der Waals surface area contributed by atoms with Crippen LogP contribution in [0.2, 0.25) is 5.02 Å². The second-order valence-electron chi connectivity index (χ2n) is 4.06. The van der Waals surface area contributed by atoms with Crippen molar-refractivity contribution in [2.24, 2.45) is 4.99 Å². The minimum absolute atomic E-state index is 0.220. The molecule has 0 atom stereocenters. The predicted octanol–water partition coefficient (Wildman–Crippen LogP) is 2.57. The molecule has 0 amide bonds. The van der Waals surface area contributed by atoms with E-state index in [1.807, 2.05) is 40.9 Å². The van der Waals surface area contributed by atoms with Crippen LogP contribution in [0.5, 0.6) is 5.75 Å². The predicted molar refractivity (Wildman–Crippen MR) is 64.6 cm³/mol. The fourth-order valence-electron chi connectivity index (χ4n) is 2.42. The molecule has 1 aliphatic heterocycles. The summed E-state index contributed by atoms with van der Waals surface area (Å²) in [6, 6.07) is 9.35. The Morgan fingerprint density at radius 1 is 1.18 bits per heavy atom. The van der Waals surface area contributed by atoms with E-state index in [4.69, 9.17) is 11.6 Å². The fourth-order valence-corrected chi connectivity index (χ4v) is 2.68. The molecule has 0 saturated carbocycles. The zero-order valence-corrected chi connectivity index (χ0v) is 9.44. The molecule has 1 aromatic carbocycles. The Morgan fingerprint density at radius 3 is 2.94 bits per heavy atom. The lowest BCUT2D eigenvalue weighted by Gasteiger charge is -1.90. The molecule has 17 heavy (non-hydrogen) atoms. The Bertz CT molecular complexity index is 911. The molecule has 0 fully saturated rings. The molecule has 4 heteroatoms. The topological polar surface area (TPSA) is 37.0 Å². The molecule has 3 heterocycles. The minimum atomic E-state index is 0.220. The van der Waals surface area contributed by atoms with Gasteiger partial charge >= 0.3 is 0 Å². The van der Waals surface area contributed by atoms with Gasteiger partial charge in [0.25, 0.3) is 0 Å². The highest BCUT2D eigenvalue weighted by molar-refractivity contribution is 6.30. The maximum Gasteiger partial charge on any atom is 0.167 e. The van der Waals surface area contributed by atoms with E-state index >= 15 is 0 Å². The molecule has 1 N–H and O–H groups in total. The van der Waals surface area contributed by atoms with E-state index in [2.05, 4.69) is 4.99 Å². The average Bonchev–Trinajstić information content (AvgIpc) is 2.95. The van der Waals surface area contributed by atoms with Crippen LogP contribution in [-0.2, 0) is 0 Å². The van der Waals surface area contributed by atoms with Gasteiger partial charge in [-0.3, -0.25) is 0 Å². The summed E-state index contributed by atoms with van der Waals surface area (Å²) in [7, 11) is 0. The van der Waals surface area contributed by atoms with Gasteiger partial charge in [-0.15, -0.1) is 0 Å². The first-order chi connectivity index (χ1) is 8.27. The first-order valence-electron chi connectivity index (χ1n) is 5.26. The Kier molecular flexibility index (Phi) is 1.50. The largest absolute Gasteiger partial charge is 0.504 e. The highest BCUT2D eigenvalue weighted by Gasteiger charge is 2.18. The number of aromatic nitrogens is 1. The molecule has 0 unspecified atom stereocenters. The third kappa shape index (κ3) is 0.953. The van der Waals surface area contributed by atoms with Crippen molar-refractivity contribution >= 4 is 22.8 Å². The van der Waals surface area contributed by atoms with E-state index in [9.17, 15) is 5.11 Å². The van der Waals surface area contributed by atoms with Gasteiger partial charge in [-0.1, -0.05) is 17.7 Å². The Hall–Kier alpha value is -2.00. The SMILES string of the molecule is Oc1c2c(n3cccc13)=c1c(Cl)cccc1=N2. The van der Waals surface area contributed by atoms with Crippen molar-refractivity contribution in [3.8, 4) is 5.75 Å². The van der Waals surface area contributed by atoms with E-state index in [1.165, 1.54) is 0 Å². The maximum absolute atomic E-state index is 10.1. The normalized spacial score (nSPS) is 12.5. The van der Waals surface area contributed by atoms with Gasteiger partial charge in [0.1, 0.15) is 5.69 Å². The third-order valence-corrected chi connectivity index (χ3v) is 3.46. The van der Waals surface area contributed by atoms with Gasteiger partial charge in [0.05, 0.1) is 21.2 Å². The summed E-state index contributed by atoms with van der Waals surface area (Å²) in [5.41, 5.74) is 1.38. The Balaban J connectivity index is 2.49. The van der Waals surface area contributed by atoms with Crippen molar-refractivity contribution in [2.75, 3.05) is 0 Å². The molecule has 0 aliphatic carbocycles. The number of aromatic hydroxyl groups is 1. The van der Waals surface area contributed by atoms with Gasteiger partial charge in [0, 0.05) is 11.4 Å². The van der Waals surface area contributed by atoms with Crippen molar-refractivity contribution < 1.29 is 5.11 Å². The molecule has 82 valence electrons.